The number of rotatable bonds is 5. The lowest BCUT2D eigenvalue weighted by atomic mass is 10.2. The zero-order valence-corrected chi connectivity index (χ0v) is 17.4. The monoisotopic (exact) mass is 412 g/mol. The first-order chi connectivity index (χ1) is 14.2. The summed E-state index contributed by atoms with van der Waals surface area (Å²) in [5.41, 5.74) is 2.94. The van der Waals surface area contributed by atoms with Crippen molar-refractivity contribution in [3.63, 3.8) is 0 Å². The summed E-state index contributed by atoms with van der Waals surface area (Å²) in [6.45, 7) is 3.61. The fraction of sp³-hybridized carbons (Fsp3) is 0.333. The van der Waals surface area contributed by atoms with Crippen LogP contribution in [0.15, 0.2) is 42.5 Å². The largest absolute Gasteiger partial charge is 0.494 e. The molecule has 0 saturated carbocycles. The Kier molecular flexibility index (Phi) is 5.82. The number of methoxy groups -OCH3 is 1. The van der Waals surface area contributed by atoms with Gasteiger partial charge in [0, 0.05) is 26.7 Å². The number of urea groups is 1. The molecule has 2 heterocycles. The van der Waals surface area contributed by atoms with Crippen LogP contribution in [0.2, 0.25) is 0 Å². The summed E-state index contributed by atoms with van der Waals surface area (Å²) in [7, 11) is 3.41. The Hall–Kier alpha value is -2.84. The molecule has 1 N–H and O–H groups in total. The number of hydrogen-bond donors (Lipinski definition) is 1. The van der Waals surface area contributed by atoms with Gasteiger partial charge in [0.1, 0.15) is 11.3 Å². The number of nitrogens with one attached hydrogen (secondary N) is 1. The van der Waals surface area contributed by atoms with Gasteiger partial charge in [0.15, 0.2) is 5.13 Å². The molecule has 0 unspecified atom stereocenters. The van der Waals surface area contributed by atoms with Crippen molar-refractivity contribution in [2.75, 3.05) is 50.7 Å². The summed E-state index contributed by atoms with van der Waals surface area (Å²) in [4.78, 5) is 21.2. The minimum Gasteiger partial charge on any atom is -0.494 e. The molecule has 152 valence electrons. The Morgan fingerprint density at radius 1 is 1.24 bits per heavy atom. The average molecular weight is 413 g/mol. The van der Waals surface area contributed by atoms with Crippen LogP contribution < -0.4 is 15.0 Å². The van der Waals surface area contributed by atoms with Gasteiger partial charge in [-0.15, -0.1) is 0 Å². The Morgan fingerprint density at radius 3 is 2.72 bits per heavy atom. The predicted octanol–water partition coefficient (Wildman–Crippen LogP) is 3.81. The third-order valence-electron chi connectivity index (χ3n) is 4.88. The Morgan fingerprint density at radius 2 is 2.00 bits per heavy atom. The molecule has 2 aromatic carbocycles. The Bertz CT molecular complexity index is 986. The van der Waals surface area contributed by atoms with Gasteiger partial charge in [-0.2, -0.15) is 0 Å². The van der Waals surface area contributed by atoms with Crippen LogP contribution >= 0.6 is 11.3 Å². The molecule has 3 aromatic rings. The third kappa shape index (κ3) is 4.28. The van der Waals surface area contributed by atoms with Crippen molar-refractivity contribution < 1.29 is 14.3 Å². The van der Waals surface area contributed by atoms with Gasteiger partial charge in [0.2, 0.25) is 0 Å². The highest BCUT2D eigenvalue weighted by Crippen LogP contribution is 2.39. The van der Waals surface area contributed by atoms with E-state index in [2.05, 4.69) is 21.3 Å². The minimum absolute atomic E-state index is 0.195. The van der Waals surface area contributed by atoms with Crippen LogP contribution in [0, 0.1) is 0 Å². The molecule has 29 heavy (non-hydrogen) atoms. The fourth-order valence-electron chi connectivity index (χ4n) is 3.36. The van der Waals surface area contributed by atoms with E-state index in [0.717, 1.165) is 34.6 Å². The van der Waals surface area contributed by atoms with Crippen LogP contribution in [0.1, 0.15) is 5.56 Å². The van der Waals surface area contributed by atoms with E-state index in [1.807, 2.05) is 36.4 Å². The molecule has 1 aliphatic heterocycles. The number of carbonyl (C=O) groups excluding carboxylic acids is 1. The van der Waals surface area contributed by atoms with Gasteiger partial charge < -0.3 is 19.3 Å². The van der Waals surface area contributed by atoms with Crippen molar-refractivity contribution in [2.45, 2.75) is 6.54 Å². The summed E-state index contributed by atoms with van der Waals surface area (Å²) in [6.07, 6.45) is 0. The van der Waals surface area contributed by atoms with Gasteiger partial charge in [-0.3, -0.25) is 5.32 Å². The number of aromatic nitrogens is 1. The van der Waals surface area contributed by atoms with E-state index in [9.17, 15) is 4.79 Å². The SMILES string of the molecule is COc1ccc(N2CCOCC2)c2sc(NC(=O)N(C)Cc3ccccc3)nc12. The molecule has 1 aliphatic rings. The average Bonchev–Trinajstić information content (AvgIpc) is 3.17. The van der Waals surface area contributed by atoms with Crippen molar-refractivity contribution in [3.8, 4) is 5.75 Å². The molecule has 1 fully saturated rings. The molecule has 0 aliphatic carbocycles. The molecule has 2 amide bonds. The lowest BCUT2D eigenvalue weighted by Gasteiger charge is -2.29. The number of amides is 2. The molecule has 7 nitrogen and oxygen atoms in total. The first kappa shape index (κ1) is 19.5. The normalized spacial score (nSPS) is 14.1. The highest BCUT2D eigenvalue weighted by molar-refractivity contribution is 7.23. The second-order valence-electron chi connectivity index (χ2n) is 6.85. The summed E-state index contributed by atoms with van der Waals surface area (Å²) in [5.74, 6) is 0.700. The number of thiazole rings is 1. The Balaban J connectivity index is 1.56. The quantitative estimate of drug-likeness (QED) is 0.690. The zero-order chi connectivity index (χ0) is 20.2. The highest BCUT2D eigenvalue weighted by atomic mass is 32.1. The minimum atomic E-state index is -0.195. The number of fused-ring (bicyclic) bond motifs is 1. The lowest BCUT2D eigenvalue weighted by molar-refractivity contribution is 0.123. The maximum atomic E-state index is 12.7. The second-order valence-corrected chi connectivity index (χ2v) is 7.85. The van der Waals surface area contributed by atoms with E-state index in [0.29, 0.717) is 30.6 Å². The number of hydrogen-bond acceptors (Lipinski definition) is 6. The Labute approximate surface area is 173 Å². The van der Waals surface area contributed by atoms with E-state index in [4.69, 9.17) is 9.47 Å². The van der Waals surface area contributed by atoms with Crippen LogP contribution in [0.5, 0.6) is 5.75 Å². The van der Waals surface area contributed by atoms with Gasteiger partial charge in [0.25, 0.3) is 0 Å². The molecule has 1 aromatic heterocycles. The van der Waals surface area contributed by atoms with Gasteiger partial charge in [-0.25, -0.2) is 9.78 Å². The van der Waals surface area contributed by atoms with Crippen molar-refractivity contribution in [1.82, 2.24) is 9.88 Å². The van der Waals surface area contributed by atoms with Gasteiger partial charge >= 0.3 is 6.03 Å². The maximum absolute atomic E-state index is 12.7. The van der Waals surface area contributed by atoms with Gasteiger partial charge in [0.05, 0.1) is 30.7 Å². The zero-order valence-electron chi connectivity index (χ0n) is 16.6. The molecule has 0 spiro atoms. The molecule has 8 heteroatoms. The van der Waals surface area contributed by atoms with Crippen LogP contribution in [0.25, 0.3) is 10.2 Å². The number of carbonyl (C=O) groups is 1. The van der Waals surface area contributed by atoms with Crippen molar-refractivity contribution in [2.24, 2.45) is 0 Å². The lowest BCUT2D eigenvalue weighted by Crippen LogP contribution is -2.36. The predicted molar refractivity (Wildman–Crippen MR) is 116 cm³/mol. The van der Waals surface area contributed by atoms with Crippen LogP contribution in [0.4, 0.5) is 15.6 Å². The molecular formula is C21H24N4O3S. The second kappa shape index (κ2) is 8.67. The molecular weight excluding hydrogens is 388 g/mol. The highest BCUT2D eigenvalue weighted by Gasteiger charge is 2.20. The number of anilines is 2. The molecule has 0 radical (unpaired) electrons. The molecule has 4 rings (SSSR count). The topological polar surface area (TPSA) is 66.9 Å². The molecule has 0 bridgehead atoms. The van der Waals surface area contributed by atoms with Crippen LogP contribution in [-0.4, -0.2) is 56.4 Å². The van der Waals surface area contributed by atoms with Crippen LogP contribution in [-0.2, 0) is 11.3 Å². The fourth-order valence-corrected chi connectivity index (χ4v) is 4.37. The van der Waals surface area contributed by atoms with Crippen LogP contribution in [0.3, 0.4) is 0 Å². The standard InChI is InChI=1S/C21H24N4O3S/c1-24(14-15-6-4-3-5-7-15)21(26)23-20-22-18-17(27-2)9-8-16(19(18)29-20)25-10-12-28-13-11-25/h3-9H,10-14H2,1-2H3,(H,22,23,26). The maximum Gasteiger partial charge on any atom is 0.323 e. The van der Waals surface area contributed by atoms with Crippen molar-refractivity contribution in [3.05, 3.63) is 48.0 Å². The van der Waals surface area contributed by atoms with E-state index in [-0.39, 0.29) is 6.03 Å². The smallest absolute Gasteiger partial charge is 0.323 e. The summed E-state index contributed by atoms with van der Waals surface area (Å²) < 4.78 is 12.0. The van der Waals surface area contributed by atoms with Gasteiger partial charge in [-0.1, -0.05) is 41.7 Å². The van der Waals surface area contributed by atoms with E-state index in [1.54, 1.807) is 19.1 Å². The van der Waals surface area contributed by atoms with Crippen molar-refractivity contribution >= 4 is 38.4 Å². The third-order valence-corrected chi connectivity index (χ3v) is 5.87. The summed E-state index contributed by atoms with van der Waals surface area (Å²) in [5, 5.41) is 3.49. The number of ether oxygens (including phenoxy) is 2. The molecule has 1 saturated heterocycles. The summed E-state index contributed by atoms with van der Waals surface area (Å²) in [6, 6.07) is 13.7. The molecule has 0 atom stereocenters. The first-order valence-corrected chi connectivity index (χ1v) is 10.3. The summed E-state index contributed by atoms with van der Waals surface area (Å²) >= 11 is 1.47. The van der Waals surface area contributed by atoms with Crippen molar-refractivity contribution in [1.29, 1.82) is 0 Å². The number of benzene rings is 2. The number of nitrogens with zero attached hydrogens (tertiary/aromatic N) is 3. The van der Waals surface area contributed by atoms with Gasteiger partial charge in [-0.05, 0) is 17.7 Å². The first-order valence-electron chi connectivity index (χ1n) is 9.52. The van der Waals surface area contributed by atoms with E-state index >= 15 is 0 Å². The van der Waals surface area contributed by atoms with E-state index < -0.39 is 0 Å². The van der Waals surface area contributed by atoms with E-state index in [1.165, 1.54) is 11.3 Å². The number of morpholine rings is 1.